The Kier molecular flexibility index (Phi) is 4.12. The van der Waals surface area contributed by atoms with Gasteiger partial charge in [0.1, 0.15) is 5.82 Å². The Bertz CT molecular complexity index is 698. The first kappa shape index (κ1) is 14.8. The highest BCUT2D eigenvalue weighted by Gasteiger charge is 2.17. The van der Waals surface area contributed by atoms with Gasteiger partial charge in [-0.25, -0.2) is 4.39 Å². The van der Waals surface area contributed by atoms with Gasteiger partial charge in [-0.15, -0.1) is 0 Å². The van der Waals surface area contributed by atoms with Gasteiger partial charge in [0.25, 0.3) is 0 Å². The predicted molar refractivity (Wildman–Crippen MR) is 78.5 cm³/mol. The van der Waals surface area contributed by atoms with Gasteiger partial charge in [-0.05, 0) is 42.8 Å². The molecular formula is C16H16FNO3. The van der Waals surface area contributed by atoms with Crippen molar-refractivity contribution in [1.82, 2.24) is 0 Å². The molecule has 2 N–H and O–H groups in total. The number of carbonyl (C=O) groups is 1. The number of benzene rings is 2. The molecule has 2 aromatic rings. The number of halogens is 1. The van der Waals surface area contributed by atoms with Crippen LogP contribution in [0.2, 0.25) is 0 Å². The van der Waals surface area contributed by atoms with Crippen molar-refractivity contribution >= 4 is 11.5 Å². The summed E-state index contributed by atoms with van der Waals surface area (Å²) in [5.41, 5.74) is 6.96. The first-order valence-electron chi connectivity index (χ1n) is 6.30. The number of ether oxygens (including phenoxy) is 2. The first-order valence-corrected chi connectivity index (χ1v) is 6.30. The van der Waals surface area contributed by atoms with Crippen LogP contribution in [0.1, 0.15) is 21.5 Å². The molecule has 0 radical (unpaired) electrons. The predicted octanol–water partition coefficient (Wildman–Crippen LogP) is 2.96. The summed E-state index contributed by atoms with van der Waals surface area (Å²) in [7, 11) is 3.02. The fraction of sp³-hybridized carbons (Fsp3) is 0.188. The van der Waals surface area contributed by atoms with Gasteiger partial charge in [-0.1, -0.05) is 0 Å². The second-order valence-corrected chi connectivity index (χ2v) is 4.59. The molecule has 0 saturated carbocycles. The molecule has 0 fully saturated rings. The minimum absolute atomic E-state index is 0.0565. The van der Waals surface area contributed by atoms with Crippen LogP contribution in [0.5, 0.6) is 11.5 Å². The van der Waals surface area contributed by atoms with Crippen molar-refractivity contribution in [1.29, 1.82) is 0 Å². The number of anilines is 1. The Balaban J connectivity index is 2.50. The fourth-order valence-electron chi connectivity index (χ4n) is 2.07. The number of methoxy groups -OCH3 is 2. The zero-order valence-corrected chi connectivity index (χ0v) is 12.1. The number of carbonyl (C=O) groups excluding carboxylic acids is 1. The van der Waals surface area contributed by atoms with Gasteiger partial charge < -0.3 is 15.2 Å². The molecule has 110 valence electrons. The summed E-state index contributed by atoms with van der Waals surface area (Å²) in [6, 6.07) is 7.24. The number of nitrogens with two attached hydrogens (primary N) is 1. The van der Waals surface area contributed by atoms with Gasteiger partial charge in [0.15, 0.2) is 17.3 Å². The van der Waals surface area contributed by atoms with Crippen LogP contribution in [-0.4, -0.2) is 20.0 Å². The van der Waals surface area contributed by atoms with E-state index < -0.39 is 5.82 Å². The van der Waals surface area contributed by atoms with E-state index in [0.29, 0.717) is 22.6 Å². The van der Waals surface area contributed by atoms with Gasteiger partial charge in [-0.2, -0.15) is 0 Å². The Morgan fingerprint density at radius 1 is 1.10 bits per heavy atom. The summed E-state index contributed by atoms with van der Waals surface area (Å²) in [5.74, 6) is 0.211. The third kappa shape index (κ3) is 2.81. The van der Waals surface area contributed by atoms with Crippen molar-refractivity contribution < 1.29 is 18.7 Å². The van der Waals surface area contributed by atoms with Gasteiger partial charge in [-0.3, -0.25) is 4.79 Å². The van der Waals surface area contributed by atoms with Crippen LogP contribution in [0, 0.1) is 12.7 Å². The Labute approximate surface area is 122 Å². The maximum Gasteiger partial charge on any atom is 0.193 e. The van der Waals surface area contributed by atoms with Gasteiger partial charge in [0.05, 0.1) is 19.9 Å². The third-order valence-electron chi connectivity index (χ3n) is 3.23. The van der Waals surface area contributed by atoms with E-state index in [-0.39, 0.29) is 11.5 Å². The lowest BCUT2D eigenvalue weighted by Crippen LogP contribution is -2.06. The van der Waals surface area contributed by atoms with E-state index in [1.54, 1.807) is 19.1 Å². The lowest BCUT2D eigenvalue weighted by atomic mass is 9.98. The highest BCUT2D eigenvalue weighted by atomic mass is 19.1. The summed E-state index contributed by atoms with van der Waals surface area (Å²) in [6.45, 7) is 1.79. The molecule has 0 aliphatic rings. The standard InChI is InChI=1S/C16H16FNO3/c1-9-6-14(20-2)15(21-3)8-11(9)16(19)10-4-5-12(17)13(18)7-10/h4-8H,18H2,1-3H3. The topological polar surface area (TPSA) is 61.5 Å². The van der Waals surface area contributed by atoms with Crippen LogP contribution in [0.4, 0.5) is 10.1 Å². The maximum atomic E-state index is 13.2. The largest absolute Gasteiger partial charge is 0.493 e. The number of hydrogen-bond donors (Lipinski definition) is 1. The molecule has 0 bridgehead atoms. The fourth-order valence-corrected chi connectivity index (χ4v) is 2.07. The van der Waals surface area contributed by atoms with Gasteiger partial charge in [0, 0.05) is 11.1 Å². The van der Waals surface area contributed by atoms with Crippen LogP contribution in [-0.2, 0) is 0 Å². The second-order valence-electron chi connectivity index (χ2n) is 4.59. The SMILES string of the molecule is COc1cc(C)c(C(=O)c2ccc(F)c(N)c2)cc1OC. The minimum atomic E-state index is -0.546. The van der Waals surface area contributed by atoms with E-state index in [2.05, 4.69) is 0 Å². The molecule has 5 heteroatoms. The molecule has 0 heterocycles. The number of aryl methyl sites for hydroxylation is 1. The van der Waals surface area contributed by atoms with E-state index in [9.17, 15) is 9.18 Å². The molecule has 2 rings (SSSR count). The zero-order chi connectivity index (χ0) is 15.6. The molecule has 0 unspecified atom stereocenters. The van der Waals surface area contributed by atoms with Gasteiger partial charge >= 0.3 is 0 Å². The molecule has 2 aromatic carbocycles. The normalized spacial score (nSPS) is 10.3. The monoisotopic (exact) mass is 289 g/mol. The average molecular weight is 289 g/mol. The van der Waals surface area contributed by atoms with E-state index in [0.717, 1.165) is 5.56 Å². The van der Waals surface area contributed by atoms with E-state index >= 15 is 0 Å². The Morgan fingerprint density at radius 3 is 2.29 bits per heavy atom. The highest BCUT2D eigenvalue weighted by Crippen LogP contribution is 2.31. The molecule has 0 saturated heterocycles. The van der Waals surface area contributed by atoms with Crippen LogP contribution in [0.3, 0.4) is 0 Å². The highest BCUT2D eigenvalue weighted by molar-refractivity contribution is 6.10. The van der Waals surface area contributed by atoms with Gasteiger partial charge in [0.2, 0.25) is 0 Å². The molecule has 0 aromatic heterocycles. The van der Waals surface area contributed by atoms with E-state index in [1.165, 1.54) is 32.4 Å². The quantitative estimate of drug-likeness (QED) is 0.694. The molecule has 21 heavy (non-hydrogen) atoms. The first-order chi connectivity index (χ1) is 9.97. The van der Waals surface area contributed by atoms with Crippen LogP contribution < -0.4 is 15.2 Å². The Hall–Kier alpha value is -2.56. The molecule has 0 spiro atoms. The minimum Gasteiger partial charge on any atom is -0.493 e. The maximum absolute atomic E-state index is 13.2. The second kappa shape index (κ2) is 5.83. The number of ketones is 1. The van der Waals surface area contributed by atoms with Crippen LogP contribution in [0.15, 0.2) is 30.3 Å². The van der Waals surface area contributed by atoms with Crippen molar-refractivity contribution in [3.63, 3.8) is 0 Å². The lowest BCUT2D eigenvalue weighted by Gasteiger charge is -2.12. The number of hydrogen-bond acceptors (Lipinski definition) is 4. The van der Waals surface area contributed by atoms with Crippen molar-refractivity contribution in [2.24, 2.45) is 0 Å². The van der Waals surface area contributed by atoms with Crippen LogP contribution in [0.25, 0.3) is 0 Å². The van der Waals surface area contributed by atoms with Crippen molar-refractivity contribution in [3.8, 4) is 11.5 Å². The Morgan fingerprint density at radius 2 is 1.71 bits per heavy atom. The van der Waals surface area contributed by atoms with Crippen LogP contribution >= 0.6 is 0 Å². The molecular weight excluding hydrogens is 273 g/mol. The summed E-state index contributed by atoms with van der Waals surface area (Å²) in [5, 5.41) is 0. The molecule has 0 aliphatic carbocycles. The zero-order valence-electron chi connectivity index (χ0n) is 12.1. The molecule has 4 nitrogen and oxygen atoms in total. The third-order valence-corrected chi connectivity index (χ3v) is 3.23. The average Bonchev–Trinajstić information content (AvgIpc) is 2.49. The number of rotatable bonds is 4. The smallest absolute Gasteiger partial charge is 0.193 e. The summed E-state index contributed by atoms with van der Waals surface area (Å²) >= 11 is 0. The van der Waals surface area contributed by atoms with Crippen molar-refractivity contribution in [3.05, 3.63) is 52.8 Å². The summed E-state index contributed by atoms with van der Waals surface area (Å²) in [4.78, 5) is 12.5. The molecule has 0 aliphatic heterocycles. The molecule has 0 atom stereocenters. The lowest BCUT2D eigenvalue weighted by molar-refractivity contribution is 0.103. The number of nitrogen functional groups attached to an aromatic ring is 1. The van der Waals surface area contributed by atoms with Crippen molar-refractivity contribution in [2.75, 3.05) is 20.0 Å². The summed E-state index contributed by atoms with van der Waals surface area (Å²) < 4.78 is 23.6. The molecule has 0 amide bonds. The van der Waals surface area contributed by atoms with E-state index in [4.69, 9.17) is 15.2 Å². The van der Waals surface area contributed by atoms with E-state index in [1.807, 2.05) is 0 Å². The van der Waals surface area contributed by atoms with Crippen molar-refractivity contribution in [2.45, 2.75) is 6.92 Å². The summed E-state index contributed by atoms with van der Waals surface area (Å²) in [6.07, 6.45) is 0.